The van der Waals surface area contributed by atoms with E-state index in [1.807, 2.05) is 0 Å². The topological polar surface area (TPSA) is 0 Å². The summed E-state index contributed by atoms with van der Waals surface area (Å²) >= 11 is 0. The zero-order chi connectivity index (χ0) is 22.3. The summed E-state index contributed by atoms with van der Waals surface area (Å²) in [5, 5.41) is 0. The number of hydrogen-bond donors (Lipinski definition) is 0. The molecule has 3 aromatic carbocycles. The van der Waals surface area contributed by atoms with E-state index in [4.69, 9.17) is 0 Å². The minimum absolute atomic E-state index is 0.0436. The van der Waals surface area contributed by atoms with Crippen molar-refractivity contribution < 1.29 is 0 Å². The van der Waals surface area contributed by atoms with Crippen LogP contribution in [0.2, 0.25) is 0 Å². The van der Waals surface area contributed by atoms with Crippen LogP contribution in [0.15, 0.2) is 54.6 Å². The standard InChI is InChI=1S/C30H38/c1-20-12-21(2)15-27(14-20)29(7,8)19-30(9,26-11-10-24(5)25(6)18-26)28-16-22(3)13-23(4)17-28/h10-18H,19H2,1-9H3. The van der Waals surface area contributed by atoms with Crippen molar-refractivity contribution in [1.82, 2.24) is 0 Å². The molecule has 0 amide bonds. The van der Waals surface area contributed by atoms with Crippen molar-refractivity contribution in [3.05, 3.63) is 105 Å². The Kier molecular flexibility index (Phi) is 6.01. The molecular weight excluding hydrogens is 360 g/mol. The second-order valence-electron chi connectivity index (χ2n) is 10.4. The van der Waals surface area contributed by atoms with Gasteiger partial charge in [0.1, 0.15) is 0 Å². The number of aryl methyl sites for hydroxylation is 6. The van der Waals surface area contributed by atoms with E-state index in [0.717, 1.165) is 6.42 Å². The second kappa shape index (κ2) is 8.06. The van der Waals surface area contributed by atoms with E-state index in [0.29, 0.717) is 0 Å². The van der Waals surface area contributed by atoms with Crippen molar-refractivity contribution in [1.29, 1.82) is 0 Å². The monoisotopic (exact) mass is 398 g/mol. The third kappa shape index (κ3) is 4.53. The highest BCUT2D eigenvalue weighted by Crippen LogP contribution is 2.44. The lowest BCUT2D eigenvalue weighted by molar-refractivity contribution is 0.369. The van der Waals surface area contributed by atoms with Crippen molar-refractivity contribution in [2.75, 3.05) is 0 Å². The first kappa shape index (κ1) is 22.3. The number of rotatable bonds is 5. The van der Waals surface area contributed by atoms with Gasteiger partial charge in [-0.3, -0.25) is 0 Å². The number of benzene rings is 3. The average Bonchev–Trinajstić information content (AvgIpc) is 2.62. The maximum Gasteiger partial charge on any atom is 0.0183 e. The maximum atomic E-state index is 2.44. The van der Waals surface area contributed by atoms with E-state index >= 15 is 0 Å². The van der Waals surface area contributed by atoms with E-state index < -0.39 is 0 Å². The van der Waals surface area contributed by atoms with Crippen LogP contribution in [-0.2, 0) is 10.8 Å². The van der Waals surface area contributed by atoms with Crippen molar-refractivity contribution in [3.8, 4) is 0 Å². The van der Waals surface area contributed by atoms with Gasteiger partial charge in [0, 0.05) is 5.41 Å². The normalized spacial score (nSPS) is 13.9. The Morgan fingerprint density at radius 2 is 0.967 bits per heavy atom. The quantitative estimate of drug-likeness (QED) is 0.406. The van der Waals surface area contributed by atoms with Crippen LogP contribution in [0.1, 0.15) is 77.3 Å². The molecule has 0 radical (unpaired) electrons. The Morgan fingerprint density at radius 3 is 1.43 bits per heavy atom. The summed E-state index contributed by atoms with van der Waals surface area (Å²) in [6, 6.07) is 21.1. The predicted octanol–water partition coefficient (Wildman–Crippen LogP) is 8.21. The summed E-state index contributed by atoms with van der Waals surface area (Å²) in [7, 11) is 0. The van der Waals surface area contributed by atoms with Gasteiger partial charge in [-0.15, -0.1) is 0 Å². The van der Waals surface area contributed by atoms with Gasteiger partial charge in [0.2, 0.25) is 0 Å². The fourth-order valence-corrected chi connectivity index (χ4v) is 5.10. The lowest BCUT2D eigenvalue weighted by Gasteiger charge is -2.40. The second-order valence-corrected chi connectivity index (χ2v) is 10.4. The SMILES string of the molecule is Cc1cc(C)cc(C(C)(C)CC(C)(c2cc(C)cc(C)c2)c2ccc(C)c(C)c2)c1. The predicted molar refractivity (Wildman–Crippen MR) is 132 cm³/mol. The Bertz CT molecular complexity index is 1030. The Hall–Kier alpha value is -2.34. The molecule has 30 heavy (non-hydrogen) atoms. The Morgan fingerprint density at radius 1 is 0.500 bits per heavy atom. The van der Waals surface area contributed by atoms with E-state index in [9.17, 15) is 0 Å². The first-order chi connectivity index (χ1) is 13.9. The van der Waals surface area contributed by atoms with Crippen LogP contribution in [-0.4, -0.2) is 0 Å². The molecule has 0 saturated heterocycles. The molecular formula is C30H38. The van der Waals surface area contributed by atoms with Gasteiger partial charge in [0.25, 0.3) is 0 Å². The highest BCUT2D eigenvalue weighted by molar-refractivity contribution is 5.46. The van der Waals surface area contributed by atoms with Crippen molar-refractivity contribution >= 4 is 0 Å². The van der Waals surface area contributed by atoms with Gasteiger partial charge in [-0.2, -0.15) is 0 Å². The molecule has 0 bridgehead atoms. The van der Waals surface area contributed by atoms with E-state index in [2.05, 4.69) is 117 Å². The molecule has 158 valence electrons. The molecule has 0 aliphatic carbocycles. The van der Waals surface area contributed by atoms with Crippen LogP contribution in [0.5, 0.6) is 0 Å². The molecule has 0 aliphatic heterocycles. The van der Waals surface area contributed by atoms with Crippen LogP contribution in [0, 0.1) is 41.5 Å². The molecule has 0 fully saturated rings. The molecule has 3 aromatic rings. The fourth-order valence-electron chi connectivity index (χ4n) is 5.10. The molecule has 1 atom stereocenters. The lowest BCUT2D eigenvalue weighted by atomic mass is 9.64. The molecule has 0 aromatic heterocycles. The van der Waals surface area contributed by atoms with Crippen LogP contribution in [0.4, 0.5) is 0 Å². The average molecular weight is 399 g/mol. The van der Waals surface area contributed by atoms with Gasteiger partial charge in [-0.25, -0.2) is 0 Å². The van der Waals surface area contributed by atoms with E-state index in [1.54, 1.807) is 0 Å². The zero-order valence-electron chi connectivity index (χ0n) is 20.4. The van der Waals surface area contributed by atoms with Gasteiger partial charge >= 0.3 is 0 Å². The van der Waals surface area contributed by atoms with Crippen LogP contribution in [0.25, 0.3) is 0 Å². The summed E-state index contributed by atoms with van der Waals surface area (Å²) < 4.78 is 0. The first-order valence-corrected chi connectivity index (χ1v) is 11.2. The van der Waals surface area contributed by atoms with Gasteiger partial charge in [0.05, 0.1) is 0 Å². The van der Waals surface area contributed by atoms with Crippen molar-refractivity contribution in [2.45, 2.75) is 79.6 Å². The fraction of sp³-hybridized carbons (Fsp3) is 0.400. The summed E-state index contributed by atoms with van der Waals surface area (Å²) in [4.78, 5) is 0. The van der Waals surface area contributed by atoms with Crippen molar-refractivity contribution in [2.24, 2.45) is 0 Å². The minimum atomic E-state index is -0.0730. The molecule has 0 N–H and O–H groups in total. The third-order valence-corrected chi connectivity index (χ3v) is 6.80. The largest absolute Gasteiger partial charge is 0.0588 e. The highest BCUT2D eigenvalue weighted by Gasteiger charge is 2.37. The lowest BCUT2D eigenvalue weighted by Crippen LogP contribution is -2.33. The molecule has 0 saturated carbocycles. The van der Waals surface area contributed by atoms with E-state index in [1.165, 1.54) is 50.1 Å². The van der Waals surface area contributed by atoms with Gasteiger partial charge in [-0.05, 0) is 81.2 Å². The van der Waals surface area contributed by atoms with Crippen LogP contribution < -0.4 is 0 Å². The van der Waals surface area contributed by atoms with Gasteiger partial charge in [0.15, 0.2) is 0 Å². The van der Waals surface area contributed by atoms with Crippen LogP contribution >= 0.6 is 0 Å². The van der Waals surface area contributed by atoms with E-state index in [-0.39, 0.29) is 10.8 Å². The Labute approximate surface area is 184 Å². The molecule has 0 nitrogen and oxygen atoms in total. The molecule has 0 heteroatoms. The van der Waals surface area contributed by atoms with Crippen molar-refractivity contribution in [3.63, 3.8) is 0 Å². The minimum Gasteiger partial charge on any atom is -0.0588 e. The summed E-state index contributed by atoms with van der Waals surface area (Å²) in [6.45, 7) is 20.5. The van der Waals surface area contributed by atoms with Gasteiger partial charge < -0.3 is 0 Å². The smallest absolute Gasteiger partial charge is 0.0183 e. The summed E-state index contributed by atoms with van der Waals surface area (Å²) in [5.74, 6) is 0. The van der Waals surface area contributed by atoms with Crippen LogP contribution in [0.3, 0.4) is 0 Å². The number of hydrogen-bond acceptors (Lipinski definition) is 0. The Balaban J connectivity index is 2.19. The zero-order valence-corrected chi connectivity index (χ0v) is 20.4. The maximum absolute atomic E-state index is 2.44. The molecule has 0 spiro atoms. The van der Waals surface area contributed by atoms with Gasteiger partial charge in [-0.1, -0.05) is 97.6 Å². The summed E-state index contributed by atoms with van der Waals surface area (Å²) in [5.41, 5.74) is 12.3. The molecule has 1 unspecified atom stereocenters. The molecule has 0 heterocycles. The third-order valence-electron chi connectivity index (χ3n) is 6.80. The molecule has 0 aliphatic rings. The first-order valence-electron chi connectivity index (χ1n) is 11.2. The summed E-state index contributed by atoms with van der Waals surface area (Å²) in [6.07, 6.45) is 1.05. The molecule has 3 rings (SSSR count). The highest BCUT2D eigenvalue weighted by atomic mass is 14.4.